The van der Waals surface area contributed by atoms with Crippen LogP contribution in [0.2, 0.25) is 0 Å². The highest BCUT2D eigenvalue weighted by molar-refractivity contribution is 9.10. The SMILES string of the molecule is CC[C@@H](CO)NC(=O)c1c(F)cc(Br)cc1F. The van der Waals surface area contributed by atoms with Crippen LogP contribution in [0, 0.1) is 11.6 Å². The topological polar surface area (TPSA) is 49.3 Å². The lowest BCUT2D eigenvalue weighted by Crippen LogP contribution is -2.37. The first kappa shape index (κ1) is 14.1. The molecular weight excluding hydrogens is 296 g/mol. The van der Waals surface area contributed by atoms with Crippen LogP contribution in [-0.4, -0.2) is 23.7 Å². The van der Waals surface area contributed by atoms with Crippen LogP contribution in [0.5, 0.6) is 0 Å². The highest BCUT2D eigenvalue weighted by Crippen LogP contribution is 2.19. The Morgan fingerprint density at radius 2 is 2.00 bits per heavy atom. The summed E-state index contributed by atoms with van der Waals surface area (Å²) >= 11 is 2.92. The molecule has 0 spiro atoms. The highest BCUT2D eigenvalue weighted by Gasteiger charge is 2.20. The number of benzene rings is 1. The van der Waals surface area contributed by atoms with Crippen LogP contribution in [0.1, 0.15) is 23.7 Å². The van der Waals surface area contributed by atoms with Crippen LogP contribution in [0.25, 0.3) is 0 Å². The molecule has 2 N–H and O–H groups in total. The van der Waals surface area contributed by atoms with Gasteiger partial charge in [0.05, 0.1) is 12.6 Å². The summed E-state index contributed by atoms with van der Waals surface area (Å²) in [6.07, 6.45) is 0.474. The Hall–Kier alpha value is -1.01. The first-order chi connectivity index (χ1) is 7.99. The molecule has 0 aliphatic heterocycles. The third-order valence-corrected chi connectivity index (χ3v) is 2.74. The van der Waals surface area contributed by atoms with Crippen LogP contribution in [-0.2, 0) is 0 Å². The standard InChI is InChI=1S/C11H12BrF2NO2/c1-2-7(5-16)15-11(17)10-8(13)3-6(12)4-9(10)14/h3-4,7,16H,2,5H2,1H3,(H,15,17)/t7-/m0/s1. The van der Waals surface area contributed by atoms with Crippen LogP contribution in [0.3, 0.4) is 0 Å². The fraction of sp³-hybridized carbons (Fsp3) is 0.364. The molecule has 17 heavy (non-hydrogen) atoms. The Morgan fingerprint density at radius 3 is 2.41 bits per heavy atom. The summed E-state index contributed by atoms with van der Waals surface area (Å²) in [5.74, 6) is -2.75. The molecule has 3 nitrogen and oxygen atoms in total. The highest BCUT2D eigenvalue weighted by atomic mass is 79.9. The Labute approximate surface area is 106 Å². The predicted molar refractivity (Wildman–Crippen MR) is 62.7 cm³/mol. The van der Waals surface area contributed by atoms with Crippen molar-refractivity contribution in [3.63, 3.8) is 0 Å². The average molecular weight is 308 g/mol. The number of nitrogens with one attached hydrogen (secondary N) is 1. The van der Waals surface area contributed by atoms with E-state index in [2.05, 4.69) is 21.2 Å². The molecule has 0 saturated carbocycles. The Bertz CT molecular complexity index is 399. The second-order valence-corrected chi connectivity index (χ2v) is 4.42. The van der Waals surface area contributed by atoms with Crippen molar-refractivity contribution in [3.8, 4) is 0 Å². The molecule has 6 heteroatoms. The van der Waals surface area contributed by atoms with Crippen LogP contribution in [0.15, 0.2) is 16.6 Å². The van der Waals surface area contributed by atoms with Crippen LogP contribution in [0.4, 0.5) is 8.78 Å². The van der Waals surface area contributed by atoms with Gasteiger partial charge in [-0.3, -0.25) is 4.79 Å². The zero-order chi connectivity index (χ0) is 13.0. The third-order valence-electron chi connectivity index (χ3n) is 2.28. The molecule has 1 atom stereocenters. The zero-order valence-corrected chi connectivity index (χ0v) is 10.7. The minimum Gasteiger partial charge on any atom is -0.394 e. The normalized spacial score (nSPS) is 12.3. The van der Waals surface area contributed by atoms with Gasteiger partial charge in [-0.2, -0.15) is 0 Å². The van der Waals surface area contributed by atoms with Gasteiger partial charge in [0.2, 0.25) is 0 Å². The number of carbonyl (C=O) groups excluding carboxylic acids is 1. The van der Waals surface area contributed by atoms with E-state index in [9.17, 15) is 13.6 Å². The quantitative estimate of drug-likeness (QED) is 0.896. The van der Waals surface area contributed by atoms with Gasteiger partial charge in [0.1, 0.15) is 17.2 Å². The number of carbonyl (C=O) groups is 1. The van der Waals surface area contributed by atoms with E-state index >= 15 is 0 Å². The molecule has 0 saturated heterocycles. The van der Waals surface area contributed by atoms with Crippen molar-refractivity contribution in [3.05, 3.63) is 33.8 Å². The number of rotatable bonds is 4. The monoisotopic (exact) mass is 307 g/mol. The smallest absolute Gasteiger partial charge is 0.257 e. The lowest BCUT2D eigenvalue weighted by atomic mass is 10.1. The summed E-state index contributed by atoms with van der Waals surface area (Å²) in [5.41, 5.74) is -0.639. The van der Waals surface area contributed by atoms with Crippen LogP contribution < -0.4 is 5.32 Å². The van der Waals surface area contributed by atoms with E-state index in [-0.39, 0.29) is 11.1 Å². The fourth-order valence-corrected chi connectivity index (χ4v) is 1.70. The maximum atomic E-state index is 13.4. The first-order valence-electron chi connectivity index (χ1n) is 5.05. The van der Waals surface area contributed by atoms with Gasteiger partial charge in [0.15, 0.2) is 0 Å². The molecule has 0 unspecified atom stereocenters. The molecule has 1 aromatic carbocycles. The molecule has 0 bridgehead atoms. The largest absolute Gasteiger partial charge is 0.394 e. The Morgan fingerprint density at radius 1 is 1.47 bits per heavy atom. The van der Waals surface area contributed by atoms with E-state index in [4.69, 9.17) is 5.11 Å². The third kappa shape index (κ3) is 3.47. The maximum Gasteiger partial charge on any atom is 0.257 e. The van der Waals surface area contributed by atoms with Gasteiger partial charge in [0.25, 0.3) is 5.91 Å². The summed E-state index contributed by atoms with van der Waals surface area (Å²) in [6, 6.07) is 1.51. The molecular formula is C11H12BrF2NO2. The molecule has 1 rings (SSSR count). The number of amides is 1. The molecule has 1 amide bonds. The molecule has 0 heterocycles. The van der Waals surface area contributed by atoms with Crippen molar-refractivity contribution >= 4 is 21.8 Å². The summed E-state index contributed by atoms with van der Waals surface area (Å²) in [5, 5.41) is 11.2. The number of hydrogen-bond donors (Lipinski definition) is 2. The predicted octanol–water partition coefficient (Wildman–Crippen LogP) is 2.23. The fourth-order valence-electron chi connectivity index (χ4n) is 1.29. The molecule has 0 aliphatic carbocycles. The Kier molecular flexibility index (Phi) is 5.02. The van der Waals surface area contributed by atoms with Crippen molar-refractivity contribution in [2.45, 2.75) is 19.4 Å². The molecule has 0 radical (unpaired) electrons. The molecule has 1 aromatic rings. The van der Waals surface area contributed by atoms with E-state index < -0.39 is 29.1 Å². The number of halogens is 3. The molecule has 0 aromatic heterocycles. The summed E-state index contributed by atoms with van der Waals surface area (Å²) < 4.78 is 27.1. The first-order valence-corrected chi connectivity index (χ1v) is 5.85. The second kappa shape index (κ2) is 6.07. The van der Waals surface area contributed by atoms with Crippen molar-refractivity contribution < 1.29 is 18.7 Å². The van der Waals surface area contributed by atoms with Crippen molar-refractivity contribution in [2.75, 3.05) is 6.61 Å². The van der Waals surface area contributed by atoms with Gasteiger partial charge in [-0.1, -0.05) is 22.9 Å². The lowest BCUT2D eigenvalue weighted by Gasteiger charge is -2.14. The van der Waals surface area contributed by atoms with Gasteiger partial charge in [-0.25, -0.2) is 8.78 Å². The average Bonchev–Trinajstić information content (AvgIpc) is 2.24. The molecule has 0 fully saturated rings. The Balaban J connectivity index is 2.96. The lowest BCUT2D eigenvalue weighted by molar-refractivity contribution is 0.0906. The summed E-state index contributed by atoms with van der Waals surface area (Å²) in [6.45, 7) is 1.47. The molecule has 0 aliphatic rings. The van der Waals surface area contributed by atoms with Gasteiger partial charge >= 0.3 is 0 Å². The van der Waals surface area contributed by atoms with Crippen LogP contribution >= 0.6 is 15.9 Å². The van der Waals surface area contributed by atoms with E-state index in [1.165, 1.54) is 0 Å². The number of aliphatic hydroxyl groups is 1. The number of aliphatic hydroxyl groups excluding tert-OH is 1. The van der Waals surface area contributed by atoms with Crippen molar-refractivity contribution in [2.24, 2.45) is 0 Å². The van der Waals surface area contributed by atoms with Crippen molar-refractivity contribution in [1.29, 1.82) is 0 Å². The summed E-state index contributed by atoms with van der Waals surface area (Å²) in [4.78, 5) is 11.6. The second-order valence-electron chi connectivity index (χ2n) is 3.51. The van der Waals surface area contributed by atoms with E-state index in [0.717, 1.165) is 12.1 Å². The zero-order valence-electron chi connectivity index (χ0n) is 9.14. The maximum absolute atomic E-state index is 13.4. The molecule has 94 valence electrons. The van der Waals surface area contributed by atoms with E-state index in [1.54, 1.807) is 6.92 Å². The van der Waals surface area contributed by atoms with E-state index in [0.29, 0.717) is 6.42 Å². The van der Waals surface area contributed by atoms with Gasteiger partial charge in [0, 0.05) is 4.47 Å². The van der Waals surface area contributed by atoms with Gasteiger partial charge in [-0.15, -0.1) is 0 Å². The number of hydrogen-bond acceptors (Lipinski definition) is 2. The van der Waals surface area contributed by atoms with Gasteiger partial charge in [-0.05, 0) is 18.6 Å². The minimum atomic E-state index is -0.942. The van der Waals surface area contributed by atoms with E-state index in [1.807, 2.05) is 0 Å². The van der Waals surface area contributed by atoms with Crippen molar-refractivity contribution in [1.82, 2.24) is 5.32 Å². The van der Waals surface area contributed by atoms with Gasteiger partial charge < -0.3 is 10.4 Å². The minimum absolute atomic E-state index is 0.221. The summed E-state index contributed by atoms with van der Waals surface area (Å²) in [7, 11) is 0.